The molecule has 1 aromatic carbocycles. The molecule has 3 nitrogen and oxygen atoms in total. The van der Waals surface area contributed by atoms with Crippen molar-refractivity contribution in [1.29, 1.82) is 0 Å². The topological polar surface area (TPSA) is 40.5 Å². The average Bonchev–Trinajstić information content (AvgIpc) is 3.06. The summed E-state index contributed by atoms with van der Waals surface area (Å²) in [4.78, 5) is 13.5. The van der Waals surface area contributed by atoms with Crippen LogP contribution in [0.4, 0.5) is 0 Å². The lowest BCUT2D eigenvalue weighted by Crippen LogP contribution is -2.41. The Morgan fingerprint density at radius 3 is 2.29 bits per heavy atom. The predicted molar refractivity (Wildman–Crippen MR) is 65.2 cm³/mol. The van der Waals surface area contributed by atoms with Crippen molar-refractivity contribution < 1.29 is 9.90 Å². The van der Waals surface area contributed by atoms with E-state index in [4.69, 9.17) is 0 Å². The van der Waals surface area contributed by atoms with Crippen LogP contribution in [0.5, 0.6) is 0 Å². The molecule has 0 radical (unpaired) electrons. The van der Waals surface area contributed by atoms with Gasteiger partial charge in [-0.15, -0.1) is 0 Å². The van der Waals surface area contributed by atoms with E-state index >= 15 is 0 Å². The molecule has 1 aliphatic heterocycles. The number of carboxylic acid groups (broad SMARTS) is 1. The number of nitrogens with zero attached hydrogens (tertiary/aromatic N) is 1. The third-order valence-electron chi connectivity index (χ3n) is 4.16. The minimum Gasteiger partial charge on any atom is -0.481 e. The first-order chi connectivity index (χ1) is 8.12. The minimum absolute atomic E-state index is 0.561. The molecule has 2 aliphatic rings. The Balaban J connectivity index is 1.79. The van der Waals surface area contributed by atoms with Crippen LogP contribution >= 0.6 is 0 Å². The molecule has 2 fully saturated rings. The fourth-order valence-corrected chi connectivity index (χ4v) is 2.74. The normalized spacial score (nSPS) is 23.1. The van der Waals surface area contributed by atoms with Crippen molar-refractivity contribution in [2.75, 3.05) is 20.1 Å². The van der Waals surface area contributed by atoms with Crippen LogP contribution in [-0.4, -0.2) is 36.1 Å². The van der Waals surface area contributed by atoms with Crippen LogP contribution in [0.2, 0.25) is 0 Å². The first kappa shape index (κ1) is 10.8. The summed E-state index contributed by atoms with van der Waals surface area (Å²) in [5.41, 5.74) is 1.75. The van der Waals surface area contributed by atoms with Crippen molar-refractivity contribution in [3.63, 3.8) is 0 Å². The first-order valence-electron chi connectivity index (χ1n) is 6.14. The number of carboxylic acids is 1. The van der Waals surface area contributed by atoms with Crippen molar-refractivity contribution in [1.82, 2.24) is 4.90 Å². The Bertz CT molecular complexity index is 442. The Morgan fingerprint density at radius 1 is 1.29 bits per heavy atom. The van der Waals surface area contributed by atoms with Crippen LogP contribution in [0.1, 0.15) is 29.9 Å². The fraction of sp³-hybridized carbons (Fsp3) is 0.500. The van der Waals surface area contributed by atoms with Crippen LogP contribution in [0.25, 0.3) is 0 Å². The maximum Gasteiger partial charge on any atom is 0.314 e. The van der Waals surface area contributed by atoms with Gasteiger partial charge in [-0.25, -0.2) is 0 Å². The van der Waals surface area contributed by atoms with Crippen molar-refractivity contribution in [2.45, 2.75) is 24.2 Å². The maximum atomic E-state index is 11.2. The van der Waals surface area contributed by atoms with Gasteiger partial charge < -0.3 is 10.0 Å². The van der Waals surface area contributed by atoms with Crippen LogP contribution in [0.15, 0.2) is 24.3 Å². The molecule has 0 unspecified atom stereocenters. The molecule has 1 heterocycles. The Hall–Kier alpha value is -1.35. The van der Waals surface area contributed by atoms with Crippen molar-refractivity contribution in [2.24, 2.45) is 0 Å². The molecule has 1 aliphatic carbocycles. The highest BCUT2D eigenvalue weighted by molar-refractivity contribution is 5.84. The standard InChI is InChI=1S/C14H17NO2/c1-15-8-11(9-15)10-2-4-12(5-3-10)14(6-7-14)13(16)17/h2-5,11H,6-9H2,1H3,(H,16,17). The average molecular weight is 231 g/mol. The smallest absolute Gasteiger partial charge is 0.314 e. The van der Waals surface area contributed by atoms with Crippen molar-refractivity contribution in [3.05, 3.63) is 35.4 Å². The molecule has 0 spiro atoms. The Kier molecular flexibility index (Phi) is 2.26. The van der Waals surface area contributed by atoms with Gasteiger partial charge >= 0.3 is 5.97 Å². The molecule has 1 saturated heterocycles. The van der Waals surface area contributed by atoms with Gasteiger partial charge in [0, 0.05) is 19.0 Å². The molecular formula is C14H17NO2. The molecule has 0 bridgehead atoms. The largest absolute Gasteiger partial charge is 0.481 e. The number of aliphatic carboxylic acids is 1. The third kappa shape index (κ3) is 1.65. The summed E-state index contributed by atoms with van der Waals surface area (Å²) in [7, 11) is 2.12. The lowest BCUT2D eigenvalue weighted by Gasteiger charge is -2.36. The van der Waals surface area contributed by atoms with Gasteiger partial charge in [-0.1, -0.05) is 24.3 Å². The number of likely N-dealkylation sites (N-methyl/N-ethyl adjacent to an activating group) is 1. The van der Waals surface area contributed by atoms with Gasteiger partial charge in [0.25, 0.3) is 0 Å². The second kappa shape index (κ2) is 3.57. The fourth-order valence-electron chi connectivity index (χ4n) is 2.74. The second-order valence-corrected chi connectivity index (χ2v) is 5.43. The monoisotopic (exact) mass is 231 g/mol. The molecule has 0 aromatic heterocycles. The van der Waals surface area contributed by atoms with E-state index in [1.807, 2.05) is 12.1 Å². The number of benzene rings is 1. The highest BCUT2D eigenvalue weighted by Gasteiger charge is 2.51. The summed E-state index contributed by atoms with van der Waals surface area (Å²) in [5, 5.41) is 9.22. The lowest BCUT2D eigenvalue weighted by molar-refractivity contribution is -0.140. The Morgan fingerprint density at radius 2 is 1.88 bits per heavy atom. The van der Waals surface area contributed by atoms with Crippen LogP contribution in [0, 0.1) is 0 Å². The highest BCUT2D eigenvalue weighted by Crippen LogP contribution is 2.48. The van der Waals surface area contributed by atoms with E-state index in [2.05, 4.69) is 24.1 Å². The van der Waals surface area contributed by atoms with Gasteiger partial charge in [0.1, 0.15) is 0 Å². The second-order valence-electron chi connectivity index (χ2n) is 5.43. The SMILES string of the molecule is CN1CC(c2ccc(C3(C(=O)O)CC3)cc2)C1. The number of carbonyl (C=O) groups is 1. The maximum absolute atomic E-state index is 11.2. The van der Waals surface area contributed by atoms with Crippen LogP contribution in [0.3, 0.4) is 0 Å². The minimum atomic E-state index is -0.673. The molecule has 0 atom stereocenters. The quantitative estimate of drug-likeness (QED) is 0.862. The molecule has 17 heavy (non-hydrogen) atoms. The van der Waals surface area contributed by atoms with E-state index in [-0.39, 0.29) is 0 Å². The van der Waals surface area contributed by atoms with Crippen molar-refractivity contribution >= 4 is 5.97 Å². The van der Waals surface area contributed by atoms with Crippen LogP contribution in [-0.2, 0) is 10.2 Å². The number of likely N-dealkylation sites (tertiary alicyclic amines) is 1. The predicted octanol–water partition coefficient (Wildman–Crippen LogP) is 1.83. The molecule has 1 saturated carbocycles. The van der Waals surface area contributed by atoms with Gasteiger partial charge in [-0.05, 0) is 31.0 Å². The number of rotatable bonds is 3. The molecule has 3 heteroatoms. The summed E-state index contributed by atoms with van der Waals surface area (Å²) in [5.74, 6) is -0.0392. The molecular weight excluding hydrogens is 214 g/mol. The van der Waals surface area contributed by atoms with Gasteiger partial charge in [0.2, 0.25) is 0 Å². The molecule has 1 aromatic rings. The van der Waals surface area contributed by atoms with Gasteiger partial charge in [0.15, 0.2) is 0 Å². The molecule has 0 amide bonds. The number of hydrogen-bond acceptors (Lipinski definition) is 2. The number of hydrogen-bond donors (Lipinski definition) is 1. The van der Waals surface area contributed by atoms with Crippen molar-refractivity contribution in [3.8, 4) is 0 Å². The molecule has 1 N–H and O–H groups in total. The van der Waals surface area contributed by atoms with Gasteiger partial charge in [-0.2, -0.15) is 0 Å². The van der Waals surface area contributed by atoms with E-state index in [9.17, 15) is 9.90 Å². The van der Waals surface area contributed by atoms with Crippen LogP contribution < -0.4 is 0 Å². The van der Waals surface area contributed by atoms with Gasteiger partial charge in [-0.3, -0.25) is 4.79 Å². The Labute approximate surface area is 101 Å². The summed E-state index contributed by atoms with van der Waals surface area (Å²) >= 11 is 0. The lowest BCUT2D eigenvalue weighted by atomic mass is 9.89. The highest BCUT2D eigenvalue weighted by atomic mass is 16.4. The van der Waals surface area contributed by atoms with E-state index in [0.717, 1.165) is 31.5 Å². The summed E-state index contributed by atoms with van der Waals surface area (Å²) < 4.78 is 0. The summed E-state index contributed by atoms with van der Waals surface area (Å²) in [6.45, 7) is 2.23. The summed E-state index contributed by atoms with van der Waals surface area (Å²) in [6.07, 6.45) is 1.57. The van der Waals surface area contributed by atoms with Gasteiger partial charge in [0.05, 0.1) is 5.41 Å². The zero-order valence-electron chi connectivity index (χ0n) is 10.0. The van der Waals surface area contributed by atoms with E-state index in [0.29, 0.717) is 5.92 Å². The van der Waals surface area contributed by atoms with E-state index < -0.39 is 11.4 Å². The third-order valence-corrected chi connectivity index (χ3v) is 4.16. The van der Waals surface area contributed by atoms with E-state index in [1.165, 1.54) is 5.56 Å². The zero-order valence-corrected chi connectivity index (χ0v) is 10.0. The molecule has 90 valence electrons. The zero-order chi connectivity index (χ0) is 12.0. The first-order valence-corrected chi connectivity index (χ1v) is 6.14. The molecule has 3 rings (SSSR count). The summed E-state index contributed by atoms with van der Waals surface area (Å²) in [6, 6.07) is 8.23. The van der Waals surface area contributed by atoms with E-state index in [1.54, 1.807) is 0 Å².